The van der Waals surface area contributed by atoms with E-state index in [1.165, 1.54) is 12.8 Å². The van der Waals surface area contributed by atoms with E-state index in [1.54, 1.807) is 12.1 Å². The Kier molecular flexibility index (Phi) is 5.86. The lowest BCUT2D eigenvalue weighted by atomic mass is 9.93. The van der Waals surface area contributed by atoms with Gasteiger partial charge in [-0.2, -0.15) is 5.26 Å². The Labute approximate surface area is 198 Å². The van der Waals surface area contributed by atoms with Gasteiger partial charge in [-0.25, -0.2) is 4.98 Å². The van der Waals surface area contributed by atoms with Crippen LogP contribution >= 0.6 is 0 Å². The highest BCUT2D eigenvalue weighted by Crippen LogP contribution is 2.35. The topological polar surface area (TPSA) is 114 Å². The van der Waals surface area contributed by atoms with Crippen molar-refractivity contribution in [3.63, 3.8) is 0 Å². The smallest absolute Gasteiger partial charge is 0.271 e. The number of nitrogens with zero attached hydrogens (tertiary/aromatic N) is 3. The summed E-state index contributed by atoms with van der Waals surface area (Å²) in [6.07, 6.45) is 2.44. The normalized spacial score (nSPS) is 15.1. The number of carbonyl (C=O) groups is 2. The van der Waals surface area contributed by atoms with Crippen LogP contribution in [0.15, 0.2) is 36.4 Å². The van der Waals surface area contributed by atoms with Crippen LogP contribution in [0.5, 0.6) is 0 Å². The summed E-state index contributed by atoms with van der Waals surface area (Å²) in [6.45, 7) is 5.84. The summed E-state index contributed by atoms with van der Waals surface area (Å²) in [7, 11) is 0. The van der Waals surface area contributed by atoms with Gasteiger partial charge < -0.3 is 20.5 Å². The SMILES string of the molecule is Cc1[nH]c(-c2ccc(-c3ccc(C#N)cc3)c3c2C(=O)NC3)nc1C(=O)NCCN1CCCC1. The molecule has 3 N–H and O–H groups in total. The number of rotatable bonds is 6. The highest BCUT2D eigenvalue weighted by molar-refractivity contribution is 6.06. The van der Waals surface area contributed by atoms with E-state index in [4.69, 9.17) is 5.26 Å². The van der Waals surface area contributed by atoms with E-state index in [1.807, 2.05) is 31.2 Å². The van der Waals surface area contributed by atoms with Gasteiger partial charge in [-0.1, -0.05) is 18.2 Å². The van der Waals surface area contributed by atoms with Crippen molar-refractivity contribution in [1.82, 2.24) is 25.5 Å². The zero-order valence-corrected chi connectivity index (χ0v) is 19.1. The number of aromatic amines is 1. The number of nitriles is 1. The molecule has 0 unspecified atom stereocenters. The third-order valence-electron chi connectivity index (χ3n) is 6.56. The Morgan fingerprint density at radius 2 is 1.88 bits per heavy atom. The Bertz CT molecular complexity index is 1300. The van der Waals surface area contributed by atoms with Gasteiger partial charge >= 0.3 is 0 Å². The average molecular weight is 455 g/mol. The number of nitrogens with one attached hydrogen (secondary N) is 3. The first-order valence-corrected chi connectivity index (χ1v) is 11.6. The van der Waals surface area contributed by atoms with E-state index in [0.717, 1.165) is 36.3 Å². The molecule has 1 saturated heterocycles. The number of fused-ring (bicyclic) bond motifs is 1. The molecule has 1 aromatic heterocycles. The number of carbonyl (C=O) groups excluding carboxylic acids is 2. The van der Waals surface area contributed by atoms with Crippen molar-refractivity contribution < 1.29 is 9.59 Å². The summed E-state index contributed by atoms with van der Waals surface area (Å²) >= 11 is 0. The zero-order chi connectivity index (χ0) is 23.7. The molecule has 0 bridgehead atoms. The van der Waals surface area contributed by atoms with Crippen LogP contribution in [0, 0.1) is 18.3 Å². The van der Waals surface area contributed by atoms with Crippen molar-refractivity contribution in [3.8, 4) is 28.6 Å². The van der Waals surface area contributed by atoms with Crippen LogP contribution in [-0.4, -0.2) is 52.9 Å². The Balaban J connectivity index is 1.42. The second-order valence-corrected chi connectivity index (χ2v) is 8.75. The maximum Gasteiger partial charge on any atom is 0.271 e. The summed E-state index contributed by atoms with van der Waals surface area (Å²) in [5, 5.41) is 14.9. The van der Waals surface area contributed by atoms with Crippen LogP contribution in [0.3, 0.4) is 0 Å². The van der Waals surface area contributed by atoms with Crippen molar-refractivity contribution in [3.05, 3.63) is 64.5 Å². The molecule has 2 aromatic carbocycles. The Hall–Kier alpha value is -3.96. The van der Waals surface area contributed by atoms with Crippen molar-refractivity contribution >= 4 is 11.8 Å². The molecule has 0 saturated carbocycles. The summed E-state index contributed by atoms with van der Waals surface area (Å²) in [5.41, 5.74) is 5.59. The minimum Gasteiger partial charge on any atom is -0.349 e. The summed E-state index contributed by atoms with van der Waals surface area (Å²) < 4.78 is 0. The van der Waals surface area contributed by atoms with Crippen LogP contribution in [0.2, 0.25) is 0 Å². The molecule has 3 heterocycles. The number of benzene rings is 2. The van der Waals surface area contributed by atoms with Gasteiger partial charge in [0.2, 0.25) is 0 Å². The fourth-order valence-electron chi connectivity index (χ4n) is 4.77. The predicted octanol–water partition coefficient (Wildman–Crippen LogP) is 2.99. The second-order valence-electron chi connectivity index (χ2n) is 8.75. The molecule has 0 radical (unpaired) electrons. The van der Waals surface area contributed by atoms with Crippen molar-refractivity contribution in [2.75, 3.05) is 26.2 Å². The molecule has 0 spiro atoms. The molecule has 172 valence electrons. The summed E-state index contributed by atoms with van der Waals surface area (Å²) in [4.78, 5) is 35.6. The van der Waals surface area contributed by atoms with E-state index in [0.29, 0.717) is 47.0 Å². The standard InChI is InChI=1S/C26H26N6O2/c1-16-23(26(34)28-10-13-32-11-2-3-12-32)31-24(30-16)20-9-8-19(21-15-29-25(33)22(20)21)18-6-4-17(14-27)5-7-18/h4-9H,2-3,10-13,15H2,1H3,(H,28,34)(H,29,33)(H,30,31). The minimum atomic E-state index is -0.213. The van der Waals surface area contributed by atoms with Crippen molar-refractivity contribution in [2.45, 2.75) is 26.3 Å². The first-order valence-electron chi connectivity index (χ1n) is 11.6. The van der Waals surface area contributed by atoms with Crippen molar-refractivity contribution in [2.24, 2.45) is 0 Å². The number of likely N-dealkylation sites (tertiary alicyclic amines) is 1. The van der Waals surface area contributed by atoms with Crippen LogP contribution in [0.25, 0.3) is 22.5 Å². The first-order chi connectivity index (χ1) is 16.5. The van der Waals surface area contributed by atoms with Gasteiger partial charge in [0.05, 0.1) is 17.2 Å². The lowest BCUT2D eigenvalue weighted by Gasteiger charge is -2.14. The van der Waals surface area contributed by atoms with Crippen molar-refractivity contribution in [1.29, 1.82) is 5.26 Å². The van der Waals surface area contributed by atoms with E-state index >= 15 is 0 Å². The molecule has 2 amide bonds. The quantitative estimate of drug-likeness (QED) is 0.530. The molecule has 2 aliphatic rings. The number of hydrogen-bond donors (Lipinski definition) is 3. The molecular formula is C26H26N6O2. The molecule has 8 heteroatoms. The Morgan fingerprint density at radius 1 is 1.15 bits per heavy atom. The molecule has 0 aliphatic carbocycles. The van der Waals surface area contributed by atoms with E-state index < -0.39 is 0 Å². The number of aromatic nitrogens is 2. The van der Waals surface area contributed by atoms with Gasteiger partial charge in [0, 0.05) is 30.9 Å². The fourth-order valence-corrected chi connectivity index (χ4v) is 4.77. The zero-order valence-electron chi connectivity index (χ0n) is 19.1. The maximum atomic E-state index is 12.8. The molecule has 0 atom stereocenters. The fraction of sp³-hybridized carbons (Fsp3) is 0.308. The Morgan fingerprint density at radius 3 is 2.62 bits per heavy atom. The summed E-state index contributed by atoms with van der Waals surface area (Å²) in [5.74, 6) is 0.127. The molecule has 2 aliphatic heterocycles. The van der Waals surface area contributed by atoms with E-state index in [2.05, 4.69) is 31.6 Å². The van der Waals surface area contributed by atoms with Gasteiger partial charge in [-0.15, -0.1) is 0 Å². The van der Waals surface area contributed by atoms with Crippen LogP contribution in [0.1, 0.15) is 50.5 Å². The van der Waals surface area contributed by atoms with E-state index in [9.17, 15) is 9.59 Å². The lowest BCUT2D eigenvalue weighted by molar-refractivity contribution is 0.0942. The first kappa shape index (κ1) is 21.9. The molecular weight excluding hydrogens is 428 g/mol. The number of aryl methyl sites for hydroxylation is 1. The molecule has 1 fully saturated rings. The molecule has 34 heavy (non-hydrogen) atoms. The van der Waals surface area contributed by atoms with Gasteiger partial charge in [0.1, 0.15) is 11.5 Å². The van der Waals surface area contributed by atoms with Crippen LogP contribution < -0.4 is 10.6 Å². The average Bonchev–Trinajstić information content (AvgIpc) is 3.60. The number of amides is 2. The predicted molar refractivity (Wildman–Crippen MR) is 128 cm³/mol. The van der Waals surface area contributed by atoms with Gasteiger partial charge in [0.25, 0.3) is 11.8 Å². The van der Waals surface area contributed by atoms with Crippen LogP contribution in [0.4, 0.5) is 0 Å². The maximum absolute atomic E-state index is 12.8. The van der Waals surface area contributed by atoms with Crippen LogP contribution in [-0.2, 0) is 6.54 Å². The highest BCUT2D eigenvalue weighted by Gasteiger charge is 2.28. The third-order valence-corrected chi connectivity index (χ3v) is 6.56. The third kappa shape index (κ3) is 4.06. The molecule has 3 aromatic rings. The number of imidazole rings is 1. The van der Waals surface area contributed by atoms with Gasteiger partial charge in [-0.05, 0) is 67.7 Å². The largest absolute Gasteiger partial charge is 0.349 e. The number of hydrogen-bond acceptors (Lipinski definition) is 5. The number of H-pyrrole nitrogens is 1. The lowest BCUT2D eigenvalue weighted by Crippen LogP contribution is -2.33. The minimum absolute atomic E-state index is 0.161. The molecule has 8 nitrogen and oxygen atoms in total. The van der Waals surface area contributed by atoms with E-state index in [-0.39, 0.29) is 11.8 Å². The highest BCUT2D eigenvalue weighted by atomic mass is 16.2. The summed E-state index contributed by atoms with van der Waals surface area (Å²) in [6, 6.07) is 13.3. The van der Waals surface area contributed by atoms with Gasteiger partial charge in [-0.3, -0.25) is 9.59 Å². The monoisotopic (exact) mass is 454 g/mol. The van der Waals surface area contributed by atoms with Gasteiger partial charge in [0.15, 0.2) is 0 Å². The molecule has 5 rings (SSSR count). The second kappa shape index (κ2) is 9.12.